The summed E-state index contributed by atoms with van der Waals surface area (Å²) in [5.41, 5.74) is -2.70. The highest BCUT2D eigenvalue weighted by molar-refractivity contribution is 5.95. The highest BCUT2D eigenvalue weighted by atomic mass is 16.7. The highest BCUT2D eigenvalue weighted by Gasteiger charge is 2.54. The molecule has 4 amide bonds. The smallest absolute Gasteiger partial charge is 0.328 e. The molecular formula is C31H54N4O9. The summed E-state index contributed by atoms with van der Waals surface area (Å²) in [5.74, 6) is -3.71. The van der Waals surface area contributed by atoms with Gasteiger partial charge in [-0.3, -0.25) is 24.0 Å². The first-order valence-electron chi connectivity index (χ1n) is 15.7. The van der Waals surface area contributed by atoms with Crippen LogP contribution in [0.1, 0.15) is 87.5 Å². The number of ether oxygens (including phenoxy) is 2. The Hall–Kier alpha value is -2.77. The van der Waals surface area contributed by atoms with Crippen molar-refractivity contribution in [3.63, 3.8) is 0 Å². The van der Waals surface area contributed by atoms with E-state index < -0.39 is 70.8 Å². The minimum Gasteiger partial charge on any atom is -0.459 e. The lowest BCUT2D eigenvalue weighted by Gasteiger charge is -2.48. The number of esters is 1. The molecule has 0 saturated carbocycles. The van der Waals surface area contributed by atoms with Crippen molar-refractivity contribution in [1.29, 1.82) is 0 Å². The van der Waals surface area contributed by atoms with E-state index in [2.05, 4.69) is 17.6 Å². The second-order valence-electron chi connectivity index (χ2n) is 13.3. The van der Waals surface area contributed by atoms with E-state index in [4.69, 9.17) is 14.3 Å². The SMILES string of the molecule is CCC[C@@H](CC[C@@H](C)[C@@H]1OC(=O)[C@H](C)NC(=O)[C@H]([C@@H](C)CCO)N(C)C(=O)[C@]2(C)CN(O2)C(=O)[C@H](C)NC(=O)C1(C)C)OC. The predicted molar refractivity (Wildman–Crippen MR) is 162 cm³/mol. The summed E-state index contributed by atoms with van der Waals surface area (Å²) >= 11 is 0. The second-order valence-corrected chi connectivity index (χ2v) is 13.3. The third kappa shape index (κ3) is 8.48. The van der Waals surface area contributed by atoms with Crippen LogP contribution in [0, 0.1) is 17.3 Å². The van der Waals surface area contributed by atoms with Gasteiger partial charge < -0.3 is 30.1 Å². The molecule has 252 valence electrons. The summed E-state index contributed by atoms with van der Waals surface area (Å²) in [4.78, 5) is 74.4. The van der Waals surface area contributed by atoms with Crippen molar-refractivity contribution >= 4 is 29.6 Å². The number of likely N-dealkylation sites (N-methyl/N-ethyl adjacent to an activating group) is 1. The molecule has 3 aliphatic rings. The molecule has 0 spiro atoms. The molecule has 0 radical (unpaired) electrons. The van der Waals surface area contributed by atoms with E-state index in [9.17, 15) is 29.1 Å². The van der Waals surface area contributed by atoms with Crippen molar-refractivity contribution < 1.29 is 43.4 Å². The lowest BCUT2D eigenvalue weighted by atomic mass is 9.77. The normalized spacial score (nSPS) is 30.8. The Labute approximate surface area is 261 Å². The van der Waals surface area contributed by atoms with E-state index in [1.54, 1.807) is 27.9 Å². The maximum Gasteiger partial charge on any atom is 0.328 e. The topological polar surface area (TPSA) is 164 Å². The maximum absolute atomic E-state index is 13.7. The van der Waals surface area contributed by atoms with Crippen molar-refractivity contribution in [3.8, 4) is 0 Å². The molecule has 13 heteroatoms. The van der Waals surface area contributed by atoms with E-state index in [1.807, 2.05) is 6.92 Å². The number of carbonyl (C=O) groups is 5. The minimum atomic E-state index is -1.43. The van der Waals surface area contributed by atoms with Crippen LogP contribution in [0.5, 0.6) is 0 Å². The summed E-state index contributed by atoms with van der Waals surface area (Å²) in [6.07, 6.45) is 2.41. The third-order valence-corrected chi connectivity index (χ3v) is 8.96. The second kappa shape index (κ2) is 15.5. The number of hydrogen-bond acceptors (Lipinski definition) is 9. The first-order chi connectivity index (χ1) is 20.4. The van der Waals surface area contributed by atoms with Crippen LogP contribution < -0.4 is 10.6 Å². The average Bonchev–Trinajstić information content (AvgIpc) is 2.94. The van der Waals surface area contributed by atoms with Crippen LogP contribution in [-0.4, -0.2) is 108 Å². The molecule has 0 aromatic heterocycles. The number of aliphatic hydroxyl groups is 1. The Morgan fingerprint density at radius 2 is 1.59 bits per heavy atom. The largest absolute Gasteiger partial charge is 0.459 e. The maximum atomic E-state index is 13.7. The van der Waals surface area contributed by atoms with Gasteiger partial charge in [0.05, 0.1) is 18.1 Å². The van der Waals surface area contributed by atoms with Gasteiger partial charge in [-0.05, 0) is 72.1 Å². The Morgan fingerprint density at radius 1 is 0.977 bits per heavy atom. The molecule has 3 heterocycles. The summed E-state index contributed by atoms with van der Waals surface area (Å²) in [6.45, 7) is 13.2. The zero-order chi connectivity index (χ0) is 33.6. The van der Waals surface area contributed by atoms with Gasteiger partial charge in [0, 0.05) is 20.8 Å². The lowest BCUT2D eigenvalue weighted by molar-refractivity contribution is -0.316. The summed E-state index contributed by atoms with van der Waals surface area (Å²) in [6, 6.07) is -3.16. The van der Waals surface area contributed by atoms with E-state index in [0.717, 1.165) is 17.9 Å². The van der Waals surface area contributed by atoms with Crippen LogP contribution in [-0.2, 0) is 38.3 Å². The summed E-state index contributed by atoms with van der Waals surface area (Å²) in [7, 11) is 3.11. The fourth-order valence-electron chi connectivity index (χ4n) is 6.07. The minimum absolute atomic E-state index is 0.0147. The van der Waals surface area contributed by atoms with Gasteiger partial charge >= 0.3 is 5.97 Å². The number of hydroxylamine groups is 2. The van der Waals surface area contributed by atoms with Gasteiger partial charge in [-0.15, -0.1) is 0 Å². The Bertz CT molecular complexity index is 1050. The number of fused-ring (bicyclic) bond motifs is 13. The molecule has 3 N–H and O–H groups in total. The number of hydrogen-bond donors (Lipinski definition) is 3. The number of nitrogens with one attached hydrogen (secondary N) is 2. The molecule has 3 fully saturated rings. The first kappa shape index (κ1) is 37.4. The van der Waals surface area contributed by atoms with Gasteiger partial charge in [-0.25, -0.2) is 9.86 Å². The molecule has 0 aliphatic carbocycles. The van der Waals surface area contributed by atoms with E-state index in [1.165, 1.54) is 32.7 Å². The number of nitrogens with zero attached hydrogens (tertiary/aromatic N) is 2. The summed E-state index contributed by atoms with van der Waals surface area (Å²) in [5, 5.41) is 16.0. The molecule has 0 unspecified atom stereocenters. The van der Waals surface area contributed by atoms with Crippen LogP contribution in [0.2, 0.25) is 0 Å². The van der Waals surface area contributed by atoms with Crippen molar-refractivity contribution in [2.75, 3.05) is 27.3 Å². The monoisotopic (exact) mass is 626 g/mol. The van der Waals surface area contributed by atoms with Gasteiger partial charge in [-0.1, -0.05) is 27.2 Å². The molecule has 3 aliphatic heterocycles. The van der Waals surface area contributed by atoms with Crippen LogP contribution in [0.4, 0.5) is 0 Å². The fraction of sp³-hybridized carbons (Fsp3) is 0.839. The van der Waals surface area contributed by atoms with E-state index >= 15 is 0 Å². The summed E-state index contributed by atoms with van der Waals surface area (Å²) < 4.78 is 11.6. The molecule has 44 heavy (non-hydrogen) atoms. The standard InChI is InChI=1S/C31H54N4O9/c1-11-12-22(42-10)14-13-19(3)24-30(6,7)28(40)33-20(4)26(38)35-17-31(8,44-35)29(41)34(9)23(18(2)15-16-36)25(37)32-21(5)27(39)43-24/h18-24,36H,11-17H2,1-10H3,(H,32,37)(H,33,40)/t18-,19+,20-,21-,22-,23-,24-,31-/m0/s1. The number of amides is 4. The number of methoxy groups -OCH3 is 1. The zero-order valence-corrected chi connectivity index (χ0v) is 28.1. The quantitative estimate of drug-likeness (QED) is 0.241. The van der Waals surface area contributed by atoms with Crippen LogP contribution >= 0.6 is 0 Å². The van der Waals surface area contributed by atoms with E-state index in [0.29, 0.717) is 12.8 Å². The molecule has 2 bridgehead atoms. The Balaban J connectivity index is 2.49. The van der Waals surface area contributed by atoms with Crippen molar-refractivity contribution in [2.24, 2.45) is 17.3 Å². The van der Waals surface area contributed by atoms with Crippen LogP contribution in [0.25, 0.3) is 0 Å². The van der Waals surface area contributed by atoms with Crippen molar-refractivity contribution in [3.05, 3.63) is 0 Å². The van der Waals surface area contributed by atoms with Crippen molar-refractivity contribution in [1.82, 2.24) is 20.6 Å². The molecule has 13 nitrogen and oxygen atoms in total. The van der Waals surface area contributed by atoms with Crippen LogP contribution in [0.15, 0.2) is 0 Å². The van der Waals surface area contributed by atoms with Gasteiger partial charge in [0.15, 0.2) is 5.60 Å². The Morgan fingerprint density at radius 3 is 2.14 bits per heavy atom. The fourth-order valence-corrected chi connectivity index (χ4v) is 6.07. The Kier molecular flexibility index (Phi) is 13.2. The number of aliphatic hydroxyl groups excluding tert-OH is 1. The molecule has 3 saturated heterocycles. The first-order valence-corrected chi connectivity index (χ1v) is 15.7. The molecule has 8 atom stereocenters. The van der Waals surface area contributed by atoms with E-state index in [-0.39, 0.29) is 31.6 Å². The zero-order valence-electron chi connectivity index (χ0n) is 28.1. The predicted octanol–water partition coefficient (Wildman–Crippen LogP) is 1.56. The average molecular weight is 627 g/mol. The van der Waals surface area contributed by atoms with Gasteiger partial charge in [0.25, 0.3) is 11.8 Å². The molecular weight excluding hydrogens is 572 g/mol. The van der Waals surface area contributed by atoms with Crippen LogP contribution in [0.3, 0.4) is 0 Å². The third-order valence-electron chi connectivity index (χ3n) is 8.96. The molecule has 0 aromatic rings. The highest BCUT2D eigenvalue weighted by Crippen LogP contribution is 2.34. The molecule has 3 rings (SSSR count). The lowest BCUT2D eigenvalue weighted by Crippen LogP contribution is -2.70. The van der Waals surface area contributed by atoms with Crippen molar-refractivity contribution in [2.45, 2.75) is 123 Å². The van der Waals surface area contributed by atoms with Gasteiger partial charge in [0.2, 0.25) is 11.8 Å². The van der Waals surface area contributed by atoms with Gasteiger partial charge in [-0.2, -0.15) is 0 Å². The molecule has 0 aromatic carbocycles. The van der Waals surface area contributed by atoms with Gasteiger partial charge in [0.1, 0.15) is 24.2 Å². The number of rotatable bonds is 10. The number of carbonyl (C=O) groups excluding carboxylic acids is 5.